The van der Waals surface area contributed by atoms with E-state index in [1.807, 2.05) is 19.9 Å². The van der Waals surface area contributed by atoms with Crippen LogP contribution in [0.15, 0.2) is 6.07 Å². The fourth-order valence-electron chi connectivity index (χ4n) is 2.91. The number of hydrogen-bond donors (Lipinski definition) is 1. The van der Waals surface area contributed by atoms with Gasteiger partial charge in [-0.15, -0.1) is 0 Å². The van der Waals surface area contributed by atoms with E-state index in [2.05, 4.69) is 23.3 Å². The van der Waals surface area contributed by atoms with Crippen molar-refractivity contribution >= 4 is 5.82 Å². The highest BCUT2D eigenvalue weighted by molar-refractivity contribution is 5.56. The highest BCUT2D eigenvalue weighted by atomic mass is 15.0. The van der Waals surface area contributed by atoms with Crippen LogP contribution in [0.3, 0.4) is 0 Å². The molecular weight excluding hydrogens is 234 g/mol. The van der Waals surface area contributed by atoms with E-state index in [0.717, 1.165) is 23.0 Å². The number of nitrogens with zero attached hydrogens (tertiary/aromatic N) is 2. The van der Waals surface area contributed by atoms with Crippen molar-refractivity contribution in [1.29, 1.82) is 5.26 Å². The first kappa shape index (κ1) is 13.9. The van der Waals surface area contributed by atoms with E-state index in [1.54, 1.807) is 0 Å². The molecule has 19 heavy (non-hydrogen) atoms. The predicted octanol–water partition coefficient (Wildman–Crippen LogP) is 3.95. The molecule has 0 bridgehead atoms. The van der Waals surface area contributed by atoms with Crippen molar-refractivity contribution in [3.63, 3.8) is 0 Å². The molecule has 2 rings (SSSR count). The molecule has 2 unspecified atom stereocenters. The van der Waals surface area contributed by atoms with Crippen LogP contribution in [0.4, 0.5) is 5.82 Å². The second-order valence-corrected chi connectivity index (χ2v) is 5.87. The van der Waals surface area contributed by atoms with Gasteiger partial charge in [0.05, 0.1) is 5.56 Å². The molecule has 2 atom stereocenters. The van der Waals surface area contributed by atoms with Crippen LogP contribution in [0.25, 0.3) is 0 Å². The van der Waals surface area contributed by atoms with Crippen LogP contribution in [0.1, 0.15) is 55.8 Å². The molecular formula is C16H23N3. The van der Waals surface area contributed by atoms with Gasteiger partial charge in [-0.1, -0.05) is 19.8 Å². The average Bonchev–Trinajstić information content (AvgIpc) is 2.54. The lowest BCUT2D eigenvalue weighted by Crippen LogP contribution is -2.20. The molecule has 3 heteroatoms. The second kappa shape index (κ2) is 6.06. The van der Waals surface area contributed by atoms with E-state index < -0.39 is 0 Å². The van der Waals surface area contributed by atoms with Crippen LogP contribution in [0, 0.1) is 31.1 Å². The number of pyridine rings is 1. The zero-order chi connectivity index (χ0) is 13.8. The topological polar surface area (TPSA) is 48.7 Å². The van der Waals surface area contributed by atoms with Crippen molar-refractivity contribution in [2.24, 2.45) is 5.92 Å². The predicted molar refractivity (Wildman–Crippen MR) is 78.1 cm³/mol. The first-order valence-electron chi connectivity index (χ1n) is 7.25. The molecule has 1 fully saturated rings. The quantitative estimate of drug-likeness (QED) is 0.816. The third-order valence-corrected chi connectivity index (χ3v) is 4.05. The fraction of sp³-hybridized carbons (Fsp3) is 0.625. The highest BCUT2D eigenvalue weighted by Crippen LogP contribution is 2.26. The Morgan fingerprint density at radius 3 is 2.79 bits per heavy atom. The van der Waals surface area contributed by atoms with Gasteiger partial charge in [0.2, 0.25) is 0 Å². The van der Waals surface area contributed by atoms with Crippen molar-refractivity contribution in [3.8, 4) is 6.07 Å². The maximum atomic E-state index is 9.29. The molecule has 1 saturated carbocycles. The summed E-state index contributed by atoms with van der Waals surface area (Å²) in [6, 6.07) is 4.71. The summed E-state index contributed by atoms with van der Waals surface area (Å²) in [6.07, 6.45) is 6.23. The van der Waals surface area contributed by atoms with Crippen molar-refractivity contribution in [2.75, 3.05) is 5.32 Å². The van der Waals surface area contributed by atoms with E-state index in [0.29, 0.717) is 11.6 Å². The SMILES string of the molecule is Cc1cc(C)c(C#N)c(NC2CCCC(C)CC2)n1. The van der Waals surface area contributed by atoms with E-state index in [9.17, 15) is 5.26 Å². The van der Waals surface area contributed by atoms with Gasteiger partial charge in [0.1, 0.15) is 11.9 Å². The monoisotopic (exact) mass is 257 g/mol. The van der Waals surface area contributed by atoms with Crippen LogP contribution >= 0.6 is 0 Å². The minimum atomic E-state index is 0.464. The van der Waals surface area contributed by atoms with E-state index >= 15 is 0 Å². The number of aryl methyl sites for hydroxylation is 2. The van der Waals surface area contributed by atoms with E-state index in [-0.39, 0.29) is 0 Å². The van der Waals surface area contributed by atoms with Gasteiger partial charge in [0, 0.05) is 11.7 Å². The van der Waals surface area contributed by atoms with Gasteiger partial charge >= 0.3 is 0 Å². The molecule has 102 valence electrons. The number of anilines is 1. The van der Waals surface area contributed by atoms with E-state index in [4.69, 9.17) is 0 Å². The lowest BCUT2D eigenvalue weighted by molar-refractivity contribution is 0.502. The molecule has 1 aromatic heterocycles. The third-order valence-electron chi connectivity index (χ3n) is 4.05. The summed E-state index contributed by atoms with van der Waals surface area (Å²) in [4.78, 5) is 4.51. The molecule has 0 spiro atoms. The molecule has 1 heterocycles. The number of nitrogens with one attached hydrogen (secondary N) is 1. The van der Waals surface area contributed by atoms with Crippen LogP contribution in [0.5, 0.6) is 0 Å². The molecule has 1 aliphatic carbocycles. The third kappa shape index (κ3) is 3.47. The number of aromatic nitrogens is 1. The Morgan fingerprint density at radius 2 is 2.05 bits per heavy atom. The van der Waals surface area contributed by atoms with Gasteiger partial charge in [0.15, 0.2) is 0 Å². The molecule has 0 amide bonds. The molecule has 0 radical (unpaired) electrons. The summed E-state index contributed by atoms with van der Waals surface area (Å²) in [6.45, 7) is 6.29. The zero-order valence-electron chi connectivity index (χ0n) is 12.2. The normalized spacial score (nSPS) is 23.5. The molecule has 0 saturated heterocycles. The lowest BCUT2D eigenvalue weighted by atomic mass is 10.0. The van der Waals surface area contributed by atoms with Gasteiger partial charge in [-0.05, 0) is 50.7 Å². The van der Waals surface area contributed by atoms with Crippen LogP contribution in [-0.4, -0.2) is 11.0 Å². The van der Waals surface area contributed by atoms with E-state index in [1.165, 1.54) is 32.1 Å². The maximum Gasteiger partial charge on any atom is 0.144 e. The van der Waals surface area contributed by atoms with Gasteiger partial charge in [0.25, 0.3) is 0 Å². The standard InChI is InChI=1S/C16H23N3/c1-11-5-4-6-14(8-7-11)19-16-15(10-17)12(2)9-13(3)18-16/h9,11,14H,4-8H2,1-3H3,(H,18,19). The Bertz CT molecular complexity index is 488. The Morgan fingerprint density at radius 1 is 1.26 bits per heavy atom. The first-order valence-corrected chi connectivity index (χ1v) is 7.25. The van der Waals surface area contributed by atoms with Gasteiger partial charge in [-0.25, -0.2) is 4.98 Å². The summed E-state index contributed by atoms with van der Waals surface area (Å²) in [7, 11) is 0. The molecule has 3 nitrogen and oxygen atoms in total. The largest absolute Gasteiger partial charge is 0.366 e. The summed E-state index contributed by atoms with van der Waals surface area (Å²) in [5, 5.41) is 12.8. The van der Waals surface area contributed by atoms with Crippen molar-refractivity contribution in [2.45, 2.75) is 58.9 Å². The van der Waals surface area contributed by atoms with Gasteiger partial charge in [-0.3, -0.25) is 0 Å². The fourth-order valence-corrected chi connectivity index (χ4v) is 2.91. The Hall–Kier alpha value is -1.56. The number of hydrogen-bond acceptors (Lipinski definition) is 3. The van der Waals surface area contributed by atoms with Gasteiger partial charge in [-0.2, -0.15) is 5.26 Å². The smallest absolute Gasteiger partial charge is 0.144 e. The lowest BCUT2D eigenvalue weighted by Gasteiger charge is -2.19. The van der Waals surface area contributed by atoms with Crippen molar-refractivity contribution in [1.82, 2.24) is 4.98 Å². The van der Waals surface area contributed by atoms with Crippen molar-refractivity contribution < 1.29 is 0 Å². The average molecular weight is 257 g/mol. The van der Waals surface area contributed by atoms with Crippen LogP contribution < -0.4 is 5.32 Å². The summed E-state index contributed by atoms with van der Waals surface area (Å²) in [5.74, 6) is 1.61. The second-order valence-electron chi connectivity index (χ2n) is 5.87. The molecule has 1 aromatic rings. The summed E-state index contributed by atoms with van der Waals surface area (Å²) in [5.41, 5.74) is 2.68. The van der Waals surface area contributed by atoms with Crippen LogP contribution in [-0.2, 0) is 0 Å². The molecule has 0 aliphatic heterocycles. The molecule has 0 aromatic carbocycles. The van der Waals surface area contributed by atoms with Gasteiger partial charge < -0.3 is 5.32 Å². The Kier molecular flexibility index (Phi) is 4.42. The summed E-state index contributed by atoms with van der Waals surface area (Å²) >= 11 is 0. The van der Waals surface area contributed by atoms with Crippen molar-refractivity contribution in [3.05, 3.63) is 22.9 Å². The minimum Gasteiger partial charge on any atom is -0.366 e. The highest BCUT2D eigenvalue weighted by Gasteiger charge is 2.18. The summed E-state index contributed by atoms with van der Waals surface area (Å²) < 4.78 is 0. The zero-order valence-corrected chi connectivity index (χ0v) is 12.2. The Labute approximate surface area is 116 Å². The van der Waals surface area contributed by atoms with Crippen LogP contribution in [0.2, 0.25) is 0 Å². The first-order chi connectivity index (χ1) is 9.10. The maximum absolute atomic E-state index is 9.29. The number of rotatable bonds is 2. The minimum absolute atomic E-state index is 0.464. The number of nitriles is 1. The molecule has 1 N–H and O–H groups in total. The Balaban J connectivity index is 2.16. The molecule has 1 aliphatic rings.